The molecule has 0 saturated heterocycles. The van der Waals surface area contributed by atoms with Crippen LogP contribution in [-0.4, -0.2) is 9.97 Å². The second-order valence-electron chi connectivity index (χ2n) is 3.84. The highest BCUT2D eigenvalue weighted by Gasteiger charge is 2.18. The van der Waals surface area contributed by atoms with Crippen molar-refractivity contribution in [2.24, 2.45) is 0 Å². The quantitative estimate of drug-likeness (QED) is 0.839. The molecular weight excluding hydrogens is 313 g/mol. The maximum atomic E-state index is 14.2. The lowest BCUT2D eigenvalue weighted by Crippen LogP contribution is -2.06. The fourth-order valence-electron chi connectivity index (χ4n) is 1.65. The Bertz CT molecular complexity index is 708. The molecule has 0 amide bonds. The van der Waals surface area contributed by atoms with Crippen LogP contribution in [-0.2, 0) is 0 Å². The summed E-state index contributed by atoms with van der Waals surface area (Å²) in [5, 5.41) is 9.08. The van der Waals surface area contributed by atoms with E-state index in [1.807, 2.05) is 6.07 Å². The number of benzene rings is 1. The highest BCUT2D eigenvalue weighted by Crippen LogP contribution is 2.31. The van der Waals surface area contributed by atoms with Gasteiger partial charge in [-0.05, 0) is 24.6 Å². The van der Waals surface area contributed by atoms with Gasteiger partial charge in [-0.3, -0.25) is 0 Å². The Morgan fingerprint density at radius 3 is 2.63 bits per heavy atom. The Hall–Kier alpha value is -2.20. The molecule has 2 rings (SSSR count). The standard InChI is InChI=1S/C12H9BrFN5/c1-5-8(13)3-2-6(9(5)14)10-7(4-15)11(16)19-12(17)18-10/h2-3H,1H3,(H4,16,17,18,19). The Kier molecular flexibility index (Phi) is 3.36. The number of anilines is 2. The summed E-state index contributed by atoms with van der Waals surface area (Å²) in [5.41, 5.74) is 11.8. The molecule has 0 aliphatic carbocycles. The number of hydrogen-bond acceptors (Lipinski definition) is 5. The molecule has 0 unspecified atom stereocenters. The molecule has 2 aromatic rings. The average Bonchev–Trinajstić information content (AvgIpc) is 2.35. The maximum absolute atomic E-state index is 14.2. The molecule has 0 radical (unpaired) electrons. The highest BCUT2D eigenvalue weighted by atomic mass is 79.9. The molecule has 1 aromatic heterocycles. The van der Waals surface area contributed by atoms with Gasteiger partial charge in [-0.1, -0.05) is 15.9 Å². The molecule has 0 aliphatic rings. The summed E-state index contributed by atoms with van der Waals surface area (Å²) in [6, 6.07) is 5.05. The summed E-state index contributed by atoms with van der Waals surface area (Å²) in [6.45, 7) is 1.61. The molecule has 19 heavy (non-hydrogen) atoms. The minimum atomic E-state index is -0.483. The van der Waals surface area contributed by atoms with Gasteiger partial charge in [-0.2, -0.15) is 10.2 Å². The second kappa shape index (κ2) is 4.82. The molecule has 96 valence electrons. The maximum Gasteiger partial charge on any atom is 0.222 e. The fourth-order valence-corrected chi connectivity index (χ4v) is 1.95. The van der Waals surface area contributed by atoms with Gasteiger partial charge >= 0.3 is 0 Å². The van der Waals surface area contributed by atoms with E-state index >= 15 is 0 Å². The molecule has 7 heteroatoms. The summed E-state index contributed by atoms with van der Waals surface area (Å²) < 4.78 is 14.9. The van der Waals surface area contributed by atoms with Crippen molar-refractivity contribution in [3.8, 4) is 17.3 Å². The number of aromatic nitrogens is 2. The predicted molar refractivity (Wildman–Crippen MR) is 73.4 cm³/mol. The van der Waals surface area contributed by atoms with Gasteiger partial charge < -0.3 is 11.5 Å². The lowest BCUT2D eigenvalue weighted by atomic mass is 10.0. The van der Waals surface area contributed by atoms with Crippen molar-refractivity contribution in [1.29, 1.82) is 5.26 Å². The van der Waals surface area contributed by atoms with E-state index in [0.717, 1.165) is 0 Å². The molecule has 0 atom stereocenters. The van der Waals surface area contributed by atoms with Crippen LogP contribution in [0.5, 0.6) is 0 Å². The number of nitriles is 1. The first kappa shape index (κ1) is 13.2. The van der Waals surface area contributed by atoms with Crippen LogP contribution in [0.25, 0.3) is 11.3 Å². The van der Waals surface area contributed by atoms with Gasteiger partial charge in [0.25, 0.3) is 0 Å². The van der Waals surface area contributed by atoms with Crippen molar-refractivity contribution in [1.82, 2.24) is 9.97 Å². The van der Waals surface area contributed by atoms with Crippen LogP contribution in [0.2, 0.25) is 0 Å². The molecule has 0 aliphatic heterocycles. The minimum absolute atomic E-state index is 0.00909. The molecule has 1 aromatic carbocycles. The van der Waals surface area contributed by atoms with Crippen LogP contribution >= 0.6 is 15.9 Å². The zero-order valence-electron chi connectivity index (χ0n) is 9.91. The number of nitrogens with two attached hydrogens (primary N) is 2. The number of rotatable bonds is 1. The fraction of sp³-hybridized carbons (Fsp3) is 0.0833. The third-order valence-electron chi connectivity index (χ3n) is 2.64. The number of hydrogen-bond donors (Lipinski definition) is 2. The molecular formula is C12H9BrFN5. The second-order valence-corrected chi connectivity index (χ2v) is 4.69. The summed E-state index contributed by atoms with van der Waals surface area (Å²) >= 11 is 3.23. The zero-order valence-corrected chi connectivity index (χ0v) is 11.5. The summed E-state index contributed by atoms with van der Waals surface area (Å²) in [7, 11) is 0. The first-order valence-corrected chi connectivity index (χ1v) is 6.03. The molecule has 5 nitrogen and oxygen atoms in total. The molecule has 4 N–H and O–H groups in total. The van der Waals surface area contributed by atoms with Gasteiger partial charge in [0.15, 0.2) is 0 Å². The Labute approximate surface area is 117 Å². The summed E-state index contributed by atoms with van der Waals surface area (Å²) in [5.74, 6) is -0.653. The SMILES string of the molecule is Cc1c(Br)ccc(-c2nc(N)nc(N)c2C#N)c1F. The van der Waals surface area contributed by atoms with Crippen LogP contribution in [0.3, 0.4) is 0 Å². The monoisotopic (exact) mass is 321 g/mol. The first-order chi connectivity index (χ1) is 8.95. The Morgan fingerprint density at radius 1 is 1.32 bits per heavy atom. The van der Waals surface area contributed by atoms with Gasteiger partial charge in [0.05, 0.1) is 5.69 Å². The van der Waals surface area contributed by atoms with E-state index in [9.17, 15) is 4.39 Å². The van der Waals surface area contributed by atoms with Crippen LogP contribution in [0.1, 0.15) is 11.1 Å². The number of halogens is 2. The summed E-state index contributed by atoms with van der Waals surface area (Å²) in [6.07, 6.45) is 0. The van der Waals surface area contributed by atoms with Crippen molar-refractivity contribution < 1.29 is 4.39 Å². The summed E-state index contributed by atoms with van der Waals surface area (Å²) in [4.78, 5) is 7.61. The lowest BCUT2D eigenvalue weighted by molar-refractivity contribution is 0.620. The first-order valence-electron chi connectivity index (χ1n) is 5.23. The van der Waals surface area contributed by atoms with E-state index in [0.29, 0.717) is 10.0 Å². The van der Waals surface area contributed by atoms with E-state index < -0.39 is 5.82 Å². The normalized spacial score (nSPS) is 10.2. The largest absolute Gasteiger partial charge is 0.382 e. The van der Waals surface area contributed by atoms with Gasteiger partial charge in [0, 0.05) is 10.0 Å². The molecule has 0 saturated carbocycles. The topological polar surface area (TPSA) is 102 Å². The van der Waals surface area contributed by atoms with Gasteiger partial charge in [0.2, 0.25) is 5.95 Å². The highest BCUT2D eigenvalue weighted by molar-refractivity contribution is 9.10. The third kappa shape index (κ3) is 2.22. The molecule has 0 spiro atoms. The van der Waals surface area contributed by atoms with Crippen molar-refractivity contribution in [3.63, 3.8) is 0 Å². The predicted octanol–water partition coefficient (Wildman–Crippen LogP) is 2.39. The van der Waals surface area contributed by atoms with E-state index in [-0.39, 0.29) is 28.6 Å². The van der Waals surface area contributed by atoms with Crippen molar-refractivity contribution in [2.45, 2.75) is 6.92 Å². The number of nitrogens with zero attached hydrogens (tertiary/aromatic N) is 3. The van der Waals surface area contributed by atoms with E-state index in [1.54, 1.807) is 13.0 Å². The van der Waals surface area contributed by atoms with E-state index in [4.69, 9.17) is 16.7 Å². The van der Waals surface area contributed by atoms with E-state index in [1.165, 1.54) is 6.07 Å². The molecule has 0 bridgehead atoms. The lowest BCUT2D eigenvalue weighted by Gasteiger charge is -2.10. The van der Waals surface area contributed by atoms with Gasteiger partial charge in [-0.15, -0.1) is 0 Å². The Morgan fingerprint density at radius 2 is 2.00 bits per heavy atom. The van der Waals surface area contributed by atoms with Crippen LogP contribution < -0.4 is 11.5 Å². The van der Waals surface area contributed by atoms with E-state index in [2.05, 4.69) is 25.9 Å². The van der Waals surface area contributed by atoms with Crippen molar-refractivity contribution >= 4 is 27.7 Å². The average molecular weight is 322 g/mol. The van der Waals surface area contributed by atoms with Crippen LogP contribution in [0.4, 0.5) is 16.2 Å². The van der Waals surface area contributed by atoms with Crippen LogP contribution in [0.15, 0.2) is 16.6 Å². The van der Waals surface area contributed by atoms with Crippen molar-refractivity contribution in [2.75, 3.05) is 11.5 Å². The van der Waals surface area contributed by atoms with Gasteiger partial charge in [-0.25, -0.2) is 9.37 Å². The van der Waals surface area contributed by atoms with Gasteiger partial charge in [0.1, 0.15) is 23.3 Å². The molecule has 0 fully saturated rings. The third-order valence-corrected chi connectivity index (χ3v) is 3.50. The van der Waals surface area contributed by atoms with Crippen molar-refractivity contribution in [3.05, 3.63) is 33.5 Å². The Balaban J connectivity index is 2.80. The number of nitrogen functional groups attached to an aromatic ring is 2. The molecule has 1 heterocycles. The zero-order chi connectivity index (χ0) is 14.2. The smallest absolute Gasteiger partial charge is 0.222 e. The van der Waals surface area contributed by atoms with Crippen LogP contribution in [0, 0.1) is 24.1 Å². The minimum Gasteiger partial charge on any atom is -0.382 e.